The number of carbonyl (C=O) groups is 1. The van der Waals surface area contributed by atoms with Crippen LogP contribution >= 0.6 is 15.9 Å². The average Bonchev–Trinajstić information content (AvgIpc) is 2.38. The molecule has 2 N–H and O–H groups in total. The molecule has 0 aliphatic rings. The second-order valence-electron chi connectivity index (χ2n) is 3.72. The molecule has 6 heteroatoms. The van der Waals surface area contributed by atoms with Crippen molar-refractivity contribution in [1.29, 1.82) is 0 Å². The second kappa shape index (κ2) is 5.79. The van der Waals surface area contributed by atoms with Gasteiger partial charge in [-0.15, -0.1) is 0 Å². The van der Waals surface area contributed by atoms with Crippen LogP contribution in [0.3, 0.4) is 0 Å². The Morgan fingerprint density at radius 2 is 2.26 bits per heavy atom. The zero-order valence-electron chi connectivity index (χ0n) is 10.3. The van der Waals surface area contributed by atoms with Crippen LogP contribution in [0.5, 0.6) is 0 Å². The van der Waals surface area contributed by atoms with E-state index in [4.69, 9.17) is 10.5 Å². The van der Waals surface area contributed by atoms with Gasteiger partial charge in [-0.2, -0.15) is 0 Å². The maximum Gasteiger partial charge on any atom is 0.343 e. The number of hydrogen-bond acceptors (Lipinski definition) is 5. The first-order chi connectivity index (χ1) is 9.11. The fourth-order valence-electron chi connectivity index (χ4n) is 1.53. The molecule has 0 unspecified atom stereocenters. The van der Waals surface area contributed by atoms with Gasteiger partial charge in [-0.25, -0.2) is 14.8 Å². The number of esters is 1. The SMILES string of the molecule is CCOC(=O)c1cnc(-c2cccc(Br)c2)nc1N. The fourth-order valence-corrected chi connectivity index (χ4v) is 1.93. The lowest BCUT2D eigenvalue weighted by Crippen LogP contribution is -2.10. The number of carbonyl (C=O) groups excluding carboxylic acids is 1. The van der Waals surface area contributed by atoms with E-state index in [1.54, 1.807) is 6.92 Å². The normalized spacial score (nSPS) is 10.2. The van der Waals surface area contributed by atoms with E-state index in [9.17, 15) is 4.79 Å². The number of nitrogens with zero attached hydrogens (tertiary/aromatic N) is 2. The van der Waals surface area contributed by atoms with E-state index in [0.29, 0.717) is 5.82 Å². The van der Waals surface area contributed by atoms with E-state index in [1.165, 1.54) is 6.20 Å². The Labute approximate surface area is 119 Å². The molecule has 0 atom stereocenters. The predicted octanol–water partition coefficient (Wildman–Crippen LogP) is 2.67. The predicted molar refractivity (Wildman–Crippen MR) is 75.5 cm³/mol. The third-order valence-corrected chi connectivity index (χ3v) is 2.89. The van der Waals surface area contributed by atoms with Crippen LogP contribution in [0.2, 0.25) is 0 Å². The Balaban J connectivity index is 2.36. The summed E-state index contributed by atoms with van der Waals surface area (Å²) in [6.45, 7) is 2.01. The summed E-state index contributed by atoms with van der Waals surface area (Å²) in [4.78, 5) is 19.9. The third-order valence-electron chi connectivity index (χ3n) is 2.40. The number of nitrogens with two attached hydrogens (primary N) is 1. The first-order valence-corrected chi connectivity index (χ1v) is 6.46. The van der Waals surface area contributed by atoms with Gasteiger partial charge < -0.3 is 10.5 Å². The highest BCUT2D eigenvalue weighted by Crippen LogP contribution is 2.21. The maximum absolute atomic E-state index is 11.6. The molecule has 0 amide bonds. The zero-order valence-corrected chi connectivity index (χ0v) is 11.8. The van der Waals surface area contributed by atoms with Gasteiger partial charge in [0.05, 0.1) is 6.61 Å². The first-order valence-electron chi connectivity index (χ1n) is 5.67. The maximum atomic E-state index is 11.6. The summed E-state index contributed by atoms with van der Waals surface area (Å²) in [6, 6.07) is 7.51. The molecular formula is C13H12BrN3O2. The molecule has 2 rings (SSSR count). The number of halogens is 1. The van der Waals surface area contributed by atoms with Crippen molar-refractivity contribution < 1.29 is 9.53 Å². The van der Waals surface area contributed by atoms with Crippen LogP contribution in [0.1, 0.15) is 17.3 Å². The molecule has 2 aromatic rings. The third kappa shape index (κ3) is 3.08. The summed E-state index contributed by atoms with van der Waals surface area (Å²) >= 11 is 3.38. The highest BCUT2D eigenvalue weighted by molar-refractivity contribution is 9.10. The number of benzene rings is 1. The van der Waals surface area contributed by atoms with E-state index in [2.05, 4.69) is 25.9 Å². The highest BCUT2D eigenvalue weighted by atomic mass is 79.9. The Hall–Kier alpha value is -1.95. The first kappa shape index (κ1) is 13.5. The summed E-state index contributed by atoms with van der Waals surface area (Å²) in [5, 5.41) is 0. The topological polar surface area (TPSA) is 78.1 Å². The van der Waals surface area contributed by atoms with Gasteiger partial charge in [-0.3, -0.25) is 0 Å². The molecule has 1 aromatic heterocycles. The average molecular weight is 322 g/mol. The lowest BCUT2D eigenvalue weighted by atomic mass is 10.2. The molecule has 0 fully saturated rings. The van der Waals surface area contributed by atoms with Crippen LogP contribution in [0.15, 0.2) is 34.9 Å². The Morgan fingerprint density at radius 1 is 1.47 bits per heavy atom. The van der Waals surface area contributed by atoms with E-state index in [-0.39, 0.29) is 18.0 Å². The van der Waals surface area contributed by atoms with Gasteiger partial charge in [0.1, 0.15) is 11.4 Å². The minimum absolute atomic E-state index is 0.114. The van der Waals surface area contributed by atoms with Crippen LogP contribution < -0.4 is 5.73 Å². The van der Waals surface area contributed by atoms with Crippen molar-refractivity contribution >= 4 is 27.7 Å². The van der Waals surface area contributed by atoms with Gasteiger partial charge >= 0.3 is 5.97 Å². The van der Waals surface area contributed by atoms with Crippen molar-refractivity contribution in [1.82, 2.24) is 9.97 Å². The molecule has 0 bridgehead atoms. The minimum Gasteiger partial charge on any atom is -0.462 e. The number of anilines is 1. The zero-order chi connectivity index (χ0) is 13.8. The van der Waals surface area contributed by atoms with Crippen LogP contribution in [0.25, 0.3) is 11.4 Å². The molecule has 1 heterocycles. The highest BCUT2D eigenvalue weighted by Gasteiger charge is 2.14. The van der Waals surface area contributed by atoms with E-state index < -0.39 is 5.97 Å². The summed E-state index contributed by atoms with van der Waals surface area (Å²) in [6.07, 6.45) is 1.39. The smallest absolute Gasteiger partial charge is 0.343 e. The fraction of sp³-hybridized carbons (Fsp3) is 0.154. The second-order valence-corrected chi connectivity index (χ2v) is 4.64. The van der Waals surface area contributed by atoms with Crippen molar-refractivity contribution in [2.75, 3.05) is 12.3 Å². The number of nitrogen functional groups attached to an aromatic ring is 1. The molecule has 0 spiro atoms. The van der Waals surface area contributed by atoms with Gasteiger partial charge in [0.15, 0.2) is 5.82 Å². The van der Waals surface area contributed by atoms with Crippen molar-refractivity contribution in [2.24, 2.45) is 0 Å². The number of ether oxygens (including phenoxy) is 1. The molecule has 0 aliphatic heterocycles. The molecule has 0 radical (unpaired) electrons. The van der Waals surface area contributed by atoms with Crippen molar-refractivity contribution in [2.45, 2.75) is 6.92 Å². The van der Waals surface area contributed by atoms with Gasteiger partial charge in [0.25, 0.3) is 0 Å². The largest absolute Gasteiger partial charge is 0.462 e. The summed E-state index contributed by atoms with van der Waals surface area (Å²) in [5.41, 5.74) is 6.76. The van der Waals surface area contributed by atoms with Gasteiger partial charge in [-0.05, 0) is 19.1 Å². The quantitative estimate of drug-likeness (QED) is 0.879. The summed E-state index contributed by atoms with van der Waals surface area (Å²) < 4.78 is 5.79. The molecule has 0 saturated heterocycles. The van der Waals surface area contributed by atoms with Crippen molar-refractivity contribution in [3.05, 3.63) is 40.5 Å². The lowest BCUT2D eigenvalue weighted by Gasteiger charge is -2.06. The standard InChI is InChI=1S/C13H12BrN3O2/c1-2-19-13(18)10-7-16-12(17-11(10)15)8-4-3-5-9(14)6-8/h3-7H,2H2,1H3,(H2,15,16,17). The summed E-state index contributed by atoms with van der Waals surface area (Å²) in [5.74, 6) is 0.0658. The Bertz CT molecular complexity index is 617. The van der Waals surface area contributed by atoms with Gasteiger partial charge in [-0.1, -0.05) is 28.1 Å². The molecule has 0 saturated carbocycles. The minimum atomic E-state index is -0.513. The van der Waals surface area contributed by atoms with Crippen LogP contribution in [0.4, 0.5) is 5.82 Å². The van der Waals surface area contributed by atoms with Gasteiger partial charge in [0.2, 0.25) is 0 Å². The Kier molecular flexibility index (Phi) is 4.11. The molecule has 0 aliphatic carbocycles. The number of hydrogen-bond donors (Lipinski definition) is 1. The van der Waals surface area contributed by atoms with E-state index in [1.807, 2.05) is 24.3 Å². The van der Waals surface area contributed by atoms with E-state index >= 15 is 0 Å². The number of rotatable bonds is 3. The van der Waals surface area contributed by atoms with Crippen molar-refractivity contribution in [3.63, 3.8) is 0 Å². The molecule has 5 nitrogen and oxygen atoms in total. The van der Waals surface area contributed by atoms with Crippen molar-refractivity contribution in [3.8, 4) is 11.4 Å². The summed E-state index contributed by atoms with van der Waals surface area (Å²) in [7, 11) is 0. The molecule has 1 aromatic carbocycles. The van der Waals surface area contributed by atoms with Gasteiger partial charge in [0, 0.05) is 16.2 Å². The Morgan fingerprint density at radius 3 is 2.89 bits per heavy atom. The van der Waals surface area contributed by atoms with Crippen LogP contribution in [-0.4, -0.2) is 22.5 Å². The van der Waals surface area contributed by atoms with Crippen LogP contribution in [0, 0.1) is 0 Å². The molecular weight excluding hydrogens is 310 g/mol. The monoisotopic (exact) mass is 321 g/mol. The van der Waals surface area contributed by atoms with Crippen LogP contribution in [-0.2, 0) is 4.74 Å². The molecule has 98 valence electrons. The van der Waals surface area contributed by atoms with E-state index in [0.717, 1.165) is 10.0 Å². The number of aromatic nitrogens is 2. The molecule has 19 heavy (non-hydrogen) atoms. The lowest BCUT2D eigenvalue weighted by molar-refractivity contribution is 0.0527.